The van der Waals surface area contributed by atoms with Crippen LogP contribution in [0, 0.1) is 0 Å². The molecular weight excluding hydrogens is 390 g/mol. The van der Waals surface area contributed by atoms with Crippen molar-refractivity contribution in [1.82, 2.24) is 9.88 Å². The standard InChI is InChI=1S/C25H25N3O3/c1-31-23-11-5-2-7-18(23)14-27-21-15-28(25(30)17-8-6-12-26-13-17)20-10-4-3-9-19(20)24(21)22(27)16-29/h2-13,21-22,24,29H,14-16H2,1H3/t21-,22+,24+/m0/s1. The van der Waals surface area contributed by atoms with Crippen LogP contribution < -0.4 is 9.64 Å². The highest BCUT2D eigenvalue weighted by atomic mass is 16.5. The number of methoxy groups -OCH3 is 1. The Morgan fingerprint density at radius 1 is 1.13 bits per heavy atom. The van der Waals surface area contributed by atoms with Crippen LogP contribution >= 0.6 is 0 Å². The third-order valence-electron chi connectivity index (χ3n) is 6.52. The maximum Gasteiger partial charge on any atom is 0.259 e. The van der Waals surface area contributed by atoms with Crippen molar-refractivity contribution >= 4 is 11.6 Å². The van der Waals surface area contributed by atoms with E-state index >= 15 is 0 Å². The smallest absolute Gasteiger partial charge is 0.259 e. The van der Waals surface area contributed by atoms with E-state index in [4.69, 9.17) is 4.74 Å². The molecule has 0 unspecified atom stereocenters. The van der Waals surface area contributed by atoms with Crippen LogP contribution in [-0.4, -0.2) is 53.2 Å². The quantitative estimate of drug-likeness (QED) is 0.694. The molecule has 1 amide bonds. The lowest BCUT2D eigenvalue weighted by Crippen LogP contribution is -2.68. The van der Waals surface area contributed by atoms with Crippen LogP contribution in [0.1, 0.15) is 27.4 Å². The molecule has 0 radical (unpaired) electrons. The molecule has 31 heavy (non-hydrogen) atoms. The van der Waals surface area contributed by atoms with E-state index in [-0.39, 0.29) is 30.5 Å². The Kier molecular flexibility index (Phi) is 5.18. The summed E-state index contributed by atoms with van der Waals surface area (Å²) in [6.07, 6.45) is 3.28. The van der Waals surface area contributed by atoms with Crippen molar-refractivity contribution < 1.29 is 14.6 Å². The molecule has 2 aromatic carbocycles. The summed E-state index contributed by atoms with van der Waals surface area (Å²) in [5, 5.41) is 10.2. The molecule has 0 spiro atoms. The van der Waals surface area contributed by atoms with Crippen LogP contribution in [0.2, 0.25) is 0 Å². The van der Waals surface area contributed by atoms with Crippen LogP contribution in [-0.2, 0) is 6.54 Å². The molecule has 1 fully saturated rings. The number of aliphatic hydroxyl groups excluding tert-OH is 1. The number of pyridine rings is 1. The van der Waals surface area contributed by atoms with Gasteiger partial charge < -0.3 is 14.7 Å². The van der Waals surface area contributed by atoms with Crippen molar-refractivity contribution in [2.24, 2.45) is 0 Å². The number of likely N-dealkylation sites (tertiary alicyclic amines) is 1. The Bertz CT molecular complexity index is 1090. The zero-order valence-corrected chi connectivity index (χ0v) is 17.4. The van der Waals surface area contributed by atoms with Gasteiger partial charge in [-0.2, -0.15) is 0 Å². The molecule has 1 aromatic heterocycles. The van der Waals surface area contributed by atoms with E-state index in [2.05, 4.69) is 22.0 Å². The molecule has 3 heterocycles. The lowest BCUT2D eigenvalue weighted by Gasteiger charge is -2.59. The van der Waals surface area contributed by atoms with Gasteiger partial charge in [-0.15, -0.1) is 0 Å². The Hall–Kier alpha value is -3.22. The molecule has 0 bridgehead atoms. The second-order valence-electron chi connectivity index (χ2n) is 8.04. The van der Waals surface area contributed by atoms with Gasteiger partial charge in [0.2, 0.25) is 0 Å². The molecule has 5 rings (SSSR count). The fourth-order valence-corrected chi connectivity index (χ4v) is 5.07. The van der Waals surface area contributed by atoms with E-state index in [0.29, 0.717) is 18.7 Å². The van der Waals surface area contributed by atoms with Crippen molar-refractivity contribution in [2.75, 3.05) is 25.2 Å². The number of nitrogens with zero attached hydrogens (tertiary/aromatic N) is 3. The van der Waals surface area contributed by atoms with Gasteiger partial charge in [0.05, 0.1) is 19.3 Å². The molecule has 6 heteroatoms. The number of ether oxygens (including phenoxy) is 1. The Morgan fingerprint density at radius 3 is 2.71 bits per heavy atom. The zero-order chi connectivity index (χ0) is 21.4. The van der Waals surface area contributed by atoms with Gasteiger partial charge in [-0.05, 0) is 29.8 Å². The number of carbonyl (C=O) groups excluding carboxylic acids is 1. The van der Waals surface area contributed by atoms with E-state index in [0.717, 1.165) is 22.6 Å². The van der Waals surface area contributed by atoms with Crippen molar-refractivity contribution in [3.05, 3.63) is 89.7 Å². The Labute approximate surface area is 181 Å². The van der Waals surface area contributed by atoms with E-state index in [1.54, 1.807) is 31.6 Å². The number of amides is 1. The first-order chi connectivity index (χ1) is 15.2. The summed E-state index contributed by atoms with van der Waals surface area (Å²) in [7, 11) is 1.67. The topological polar surface area (TPSA) is 65.9 Å². The van der Waals surface area contributed by atoms with Gasteiger partial charge in [-0.1, -0.05) is 36.4 Å². The van der Waals surface area contributed by atoms with Crippen molar-refractivity contribution in [2.45, 2.75) is 24.5 Å². The molecule has 0 saturated carbocycles. The monoisotopic (exact) mass is 415 g/mol. The number of hydrogen-bond acceptors (Lipinski definition) is 5. The largest absolute Gasteiger partial charge is 0.496 e. The Morgan fingerprint density at radius 2 is 1.94 bits per heavy atom. The molecule has 1 N–H and O–H groups in total. The predicted molar refractivity (Wildman–Crippen MR) is 118 cm³/mol. The maximum absolute atomic E-state index is 13.4. The summed E-state index contributed by atoms with van der Waals surface area (Å²) in [5.74, 6) is 0.972. The summed E-state index contributed by atoms with van der Waals surface area (Å²) in [6.45, 7) is 1.30. The van der Waals surface area contributed by atoms with E-state index in [9.17, 15) is 9.90 Å². The number of aromatic nitrogens is 1. The van der Waals surface area contributed by atoms with Gasteiger partial charge in [0, 0.05) is 54.7 Å². The molecule has 0 aliphatic carbocycles. The lowest BCUT2D eigenvalue weighted by molar-refractivity contribution is -0.0491. The summed E-state index contributed by atoms with van der Waals surface area (Å²) >= 11 is 0. The molecule has 2 aliphatic rings. The van der Waals surface area contributed by atoms with Crippen molar-refractivity contribution in [1.29, 1.82) is 0 Å². The van der Waals surface area contributed by atoms with E-state index < -0.39 is 0 Å². The summed E-state index contributed by atoms with van der Waals surface area (Å²) in [4.78, 5) is 21.6. The van der Waals surface area contributed by atoms with Gasteiger partial charge in [0.1, 0.15) is 5.75 Å². The normalized spacial score (nSPS) is 22.3. The maximum atomic E-state index is 13.4. The highest BCUT2D eigenvalue weighted by Gasteiger charge is 2.53. The molecule has 2 aliphatic heterocycles. The number of hydrogen-bond donors (Lipinski definition) is 1. The number of rotatable bonds is 5. The van der Waals surface area contributed by atoms with E-state index in [1.165, 1.54) is 0 Å². The average molecular weight is 415 g/mol. The first kappa shape index (κ1) is 19.7. The van der Waals surface area contributed by atoms with Crippen LogP contribution in [0.4, 0.5) is 5.69 Å². The third-order valence-corrected chi connectivity index (χ3v) is 6.52. The molecule has 6 nitrogen and oxygen atoms in total. The fraction of sp³-hybridized carbons (Fsp3) is 0.280. The SMILES string of the molecule is COc1ccccc1CN1[C@H](CO)[C@@H]2c3ccccc3N(C(=O)c3cccnc3)C[C@@H]21. The van der Waals surface area contributed by atoms with Crippen LogP contribution in [0.15, 0.2) is 73.1 Å². The number of para-hydroxylation sites is 2. The third kappa shape index (κ3) is 3.28. The van der Waals surface area contributed by atoms with Gasteiger partial charge in [0.15, 0.2) is 0 Å². The first-order valence-corrected chi connectivity index (χ1v) is 10.5. The van der Waals surface area contributed by atoms with Crippen molar-refractivity contribution in [3.8, 4) is 5.75 Å². The first-order valence-electron chi connectivity index (χ1n) is 10.5. The van der Waals surface area contributed by atoms with Gasteiger partial charge in [-0.25, -0.2) is 0 Å². The molecule has 1 saturated heterocycles. The summed E-state index contributed by atoms with van der Waals surface area (Å²) < 4.78 is 5.53. The minimum absolute atomic E-state index is 0.00621. The highest BCUT2D eigenvalue weighted by Crippen LogP contribution is 2.49. The number of anilines is 1. The molecule has 158 valence electrons. The van der Waals surface area contributed by atoms with Crippen LogP contribution in [0.5, 0.6) is 5.75 Å². The number of benzene rings is 2. The minimum atomic E-state index is -0.0521. The zero-order valence-electron chi connectivity index (χ0n) is 17.4. The molecule has 3 atom stereocenters. The highest BCUT2D eigenvalue weighted by molar-refractivity contribution is 6.06. The molecular formula is C25H25N3O3. The summed E-state index contributed by atoms with van der Waals surface area (Å²) in [6, 6.07) is 19.7. The second kappa shape index (κ2) is 8.13. The second-order valence-corrected chi connectivity index (χ2v) is 8.04. The minimum Gasteiger partial charge on any atom is -0.496 e. The average Bonchev–Trinajstić information content (AvgIpc) is 2.83. The summed E-state index contributed by atoms with van der Waals surface area (Å²) in [5.41, 5.74) is 3.69. The van der Waals surface area contributed by atoms with Crippen LogP contribution in [0.25, 0.3) is 0 Å². The number of fused-ring (bicyclic) bond motifs is 3. The lowest BCUT2D eigenvalue weighted by atomic mass is 9.71. The molecule has 3 aromatic rings. The van der Waals surface area contributed by atoms with E-state index in [1.807, 2.05) is 41.3 Å². The van der Waals surface area contributed by atoms with Gasteiger partial charge in [0.25, 0.3) is 5.91 Å². The number of aliphatic hydroxyl groups is 1. The van der Waals surface area contributed by atoms with Crippen LogP contribution in [0.3, 0.4) is 0 Å². The van der Waals surface area contributed by atoms with Gasteiger partial charge >= 0.3 is 0 Å². The predicted octanol–water partition coefficient (Wildman–Crippen LogP) is 3.08. The Balaban J connectivity index is 1.50. The van der Waals surface area contributed by atoms with Crippen molar-refractivity contribution in [3.63, 3.8) is 0 Å². The van der Waals surface area contributed by atoms with Gasteiger partial charge in [-0.3, -0.25) is 14.7 Å². The fourth-order valence-electron chi connectivity index (χ4n) is 5.07. The number of carbonyl (C=O) groups is 1.